The number of carbonyl (C=O) groups excluding carboxylic acids is 1. The molecule has 1 aromatic carbocycles. The van der Waals surface area contributed by atoms with Gasteiger partial charge in [-0.05, 0) is 49.6 Å². The summed E-state index contributed by atoms with van der Waals surface area (Å²) in [5.41, 5.74) is 1.07. The Hall–Kier alpha value is -2.12. The Labute approximate surface area is 134 Å². The van der Waals surface area contributed by atoms with E-state index in [1.165, 1.54) is 12.1 Å². The van der Waals surface area contributed by atoms with Gasteiger partial charge in [0.1, 0.15) is 5.76 Å². The second-order valence-corrected chi connectivity index (χ2v) is 7.26. The van der Waals surface area contributed by atoms with Gasteiger partial charge in [-0.25, -0.2) is 13.6 Å². The van der Waals surface area contributed by atoms with Gasteiger partial charge < -0.3 is 9.32 Å². The molecule has 0 saturated carbocycles. The van der Waals surface area contributed by atoms with Crippen molar-refractivity contribution in [2.75, 3.05) is 6.54 Å². The average Bonchev–Trinajstić information content (AvgIpc) is 3.16. The van der Waals surface area contributed by atoms with E-state index in [1.54, 1.807) is 30.2 Å². The Bertz CT molecular complexity index is 828. The third kappa shape index (κ3) is 3.02. The van der Waals surface area contributed by atoms with E-state index in [0.717, 1.165) is 18.6 Å². The lowest BCUT2D eigenvalue weighted by Crippen LogP contribution is -2.31. The summed E-state index contributed by atoms with van der Waals surface area (Å²) in [5, 5.41) is 5.17. The fourth-order valence-corrected chi connectivity index (χ4v) is 3.49. The Morgan fingerprint density at radius 2 is 2.13 bits per heavy atom. The highest BCUT2D eigenvalue weighted by molar-refractivity contribution is 7.89. The normalized spacial score (nSPS) is 18.3. The van der Waals surface area contributed by atoms with Crippen molar-refractivity contribution in [3.8, 4) is 0 Å². The Kier molecular flexibility index (Phi) is 3.99. The van der Waals surface area contributed by atoms with Crippen LogP contribution in [-0.2, 0) is 10.0 Å². The number of hydrogen-bond acceptors (Lipinski definition) is 4. The summed E-state index contributed by atoms with van der Waals surface area (Å²) in [6, 6.07) is 7.90. The number of carbonyl (C=O) groups is 1. The molecule has 1 saturated heterocycles. The minimum Gasteiger partial charge on any atom is -0.467 e. The first kappa shape index (κ1) is 15.8. The molecule has 1 aromatic heterocycles. The maximum Gasteiger partial charge on any atom is 0.254 e. The molecule has 23 heavy (non-hydrogen) atoms. The summed E-state index contributed by atoms with van der Waals surface area (Å²) in [5.74, 6) is 0.544. The maximum atomic E-state index is 12.9. The number of sulfonamides is 1. The highest BCUT2D eigenvalue weighted by atomic mass is 32.2. The zero-order valence-electron chi connectivity index (χ0n) is 12.7. The third-order valence-corrected chi connectivity index (χ3v) is 5.06. The molecule has 6 nitrogen and oxygen atoms in total. The monoisotopic (exact) mass is 334 g/mol. The Morgan fingerprint density at radius 1 is 1.35 bits per heavy atom. The second kappa shape index (κ2) is 5.82. The first-order valence-corrected chi connectivity index (χ1v) is 8.90. The van der Waals surface area contributed by atoms with Crippen molar-refractivity contribution in [1.29, 1.82) is 0 Å². The van der Waals surface area contributed by atoms with E-state index in [-0.39, 0.29) is 16.8 Å². The van der Waals surface area contributed by atoms with Crippen LogP contribution in [0.25, 0.3) is 0 Å². The lowest BCUT2D eigenvalue weighted by Gasteiger charge is -2.24. The number of amides is 1. The number of hydrogen-bond donors (Lipinski definition) is 1. The van der Waals surface area contributed by atoms with Crippen molar-refractivity contribution in [1.82, 2.24) is 4.90 Å². The van der Waals surface area contributed by atoms with E-state index < -0.39 is 10.0 Å². The van der Waals surface area contributed by atoms with Crippen molar-refractivity contribution in [2.45, 2.75) is 30.7 Å². The minimum absolute atomic E-state index is 0.0554. The summed E-state index contributed by atoms with van der Waals surface area (Å²) >= 11 is 0. The predicted octanol–water partition coefficient (Wildman–Crippen LogP) is 2.21. The molecule has 7 heteroatoms. The summed E-state index contributed by atoms with van der Waals surface area (Å²) < 4.78 is 28.5. The first-order valence-electron chi connectivity index (χ1n) is 7.36. The quantitative estimate of drug-likeness (QED) is 0.931. The largest absolute Gasteiger partial charge is 0.467 e. The molecule has 3 rings (SSSR count). The van der Waals surface area contributed by atoms with Crippen LogP contribution in [-0.4, -0.2) is 25.8 Å². The lowest BCUT2D eigenvalue weighted by atomic mass is 10.1. The summed E-state index contributed by atoms with van der Waals surface area (Å²) in [4.78, 5) is 14.6. The van der Waals surface area contributed by atoms with Crippen molar-refractivity contribution in [3.63, 3.8) is 0 Å². The Balaban J connectivity index is 1.97. The lowest BCUT2D eigenvalue weighted by molar-refractivity contribution is 0.0719. The topological polar surface area (TPSA) is 93.6 Å². The molecule has 1 atom stereocenters. The van der Waals surface area contributed by atoms with E-state index in [0.29, 0.717) is 17.7 Å². The third-order valence-electron chi connectivity index (χ3n) is 4.15. The van der Waals surface area contributed by atoms with Gasteiger partial charge in [0.25, 0.3) is 5.91 Å². The second-order valence-electron chi connectivity index (χ2n) is 5.69. The molecular weight excluding hydrogens is 316 g/mol. The van der Waals surface area contributed by atoms with E-state index in [1.807, 2.05) is 6.07 Å². The van der Waals surface area contributed by atoms with Crippen LogP contribution in [0.3, 0.4) is 0 Å². The van der Waals surface area contributed by atoms with Crippen molar-refractivity contribution in [3.05, 3.63) is 53.5 Å². The van der Waals surface area contributed by atoms with Crippen LogP contribution >= 0.6 is 0 Å². The fraction of sp³-hybridized carbons (Fsp3) is 0.312. The van der Waals surface area contributed by atoms with Gasteiger partial charge in [0.15, 0.2) is 0 Å². The van der Waals surface area contributed by atoms with Crippen LogP contribution in [0.15, 0.2) is 45.9 Å². The molecule has 0 radical (unpaired) electrons. The van der Waals surface area contributed by atoms with Crippen LogP contribution in [0.4, 0.5) is 0 Å². The number of primary sulfonamides is 1. The molecule has 1 aliphatic rings. The number of aryl methyl sites for hydroxylation is 1. The number of nitrogens with two attached hydrogens (primary N) is 1. The molecule has 1 fully saturated rings. The van der Waals surface area contributed by atoms with Gasteiger partial charge in [0.05, 0.1) is 17.2 Å². The molecule has 2 aromatic rings. The molecule has 1 amide bonds. The van der Waals surface area contributed by atoms with Crippen molar-refractivity contribution >= 4 is 15.9 Å². The SMILES string of the molecule is Cc1ccc(S(N)(=O)=O)cc1C(=O)N1CCC[C@@H]1c1ccco1. The first-order chi connectivity index (χ1) is 10.9. The van der Waals surface area contributed by atoms with Crippen LogP contribution in [0.5, 0.6) is 0 Å². The van der Waals surface area contributed by atoms with E-state index >= 15 is 0 Å². The zero-order valence-corrected chi connectivity index (χ0v) is 13.5. The summed E-state index contributed by atoms with van der Waals surface area (Å²) in [6.45, 7) is 2.39. The molecule has 0 aliphatic carbocycles. The van der Waals surface area contributed by atoms with Gasteiger partial charge in [-0.1, -0.05) is 6.07 Å². The van der Waals surface area contributed by atoms with Gasteiger partial charge in [0.2, 0.25) is 10.0 Å². The standard InChI is InChI=1S/C16H18N2O4S/c1-11-6-7-12(23(17,20)21)10-13(11)16(19)18-8-2-4-14(18)15-5-3-9-22-15/h3,5-7,9-10,14H,2,4,8H2,1H3,(H2,17,20,21)/t14-/m1/s1. The number of likely N-dealkylation sites (tertiary alicyclic amines) is 1. The molecule has 1 aliphatic heterocycles. The predicted molar refractivity (Wildman–Crippen MR) is 84.3 cm³/mol. The molecule has 0 bridgehead atoms. The molecule has 122 valence electrons. The van der Waals surface area contributed by atoms with Crippen LogP contribution in [0.1, 0.15) is 40.6 Å². The van der Waals surface area contributed by atoms with E-state index in [2.05, 4.69) is 0 Å². The smallest absolute Gasteiger partial charge is 0.254 e. The number of rotatable bonds is 3. The molecule has 0 spiro atoms. The Morgan fingerprint density at radius 3 is 2.78 bits per heavy atom. The number of nitrogens with zero attached hydrogens (tertiary/aromatic N) is 1. The summed E-state index contributed by atoms with van der Waals surface area (Å²) in [7, 11) is -3.85. The van der Waals surface area contributed by atoms with Crippen molar-refractivity contribution < 1.29 is 17.6 Å². The highest BCUT2D eigenvalue weighted by Gasteiger charge is 2.33. The highest BCUT2D eigenvalue weighted by Crippen LogP contribution is 2.34. The molecule has 0 unspecified atom stereocenters. The maximum absolute atomic E-state index is 12.9. The fourth-order valence-electron chi connectivity index (χ4n) is 2.95. The van der Waals surface area contributed by atoms with Gasteiger partial charge in [-0.15, -0.1) is 0 Å². The molecular formula is C16H18N2O4S. The van der Waals surface area contributed by atoms with Crippen LogP contribution in [0, 0.1) is 6.92 Å². The van der Waals surface area contributed by atoms with Gasteiger partial charge >= 0.3 is 0 Å². The summed E-state index contributed by atoms with van der Waals surface area (Å²) in [6.07, 6.45) is 3.29. The average molecular weight is 334 g/mol. The number of benzene rings is 1. The van der Waals surface area contributed by atoms with Crippen LogP contribution in [0.2, 0.25) is 0 Å². The van der Waals surface area contributed by atoms with E-state index in [9.17, 15) is 13.2 Å². The molecule has 2 heterocycles. The number of furan rings is 1. The van der Waals surface area contributed by atoms with Crippen molar-refractivity contribution in [2.24, 2.45) is 5.14 Å². The minimum atomic E-state index is -3.85. The van der Waals surface area contributed by atoms with Gasteiger partial charge in [-0.2, -0.15) is 0 Å². The van der Waals surface area contributed by atoms with E-state index in [4.69, 9.17) is 9.56 Å². The molecule has 2 N–H and O–H groups in total. The van der Waals surface area contributed by atoms with Gasteiger partial charge in [-0.3, -0.25) is 4.79 Å². The zero-order chi connectivity index (χ0) is 16.6. The van der Waals surface area contributed by atoms with Crippen LogP contribution < -0.4 is 5.14 Å². The van der Waals surface area contributed by atoms with Gasteiger partial charge in [0, 0.05) is 12.1 Å².